The Morgan fingerprint density at radius 1 is 1.10 bits per heavy atom. The van der Waals surface area contributed by atoms with Gasteiger partial charge in [-0.25, -0.2) is 17.6 Å². The first-order valence-corrected chi connectivity index (χ1v) is 7.35. The van der Waals surface area contributed by atoms with E-state index in [0.29, 0.717) is 11.1 Å². The third-order valence-corrected chi connectivity index (χ3v) is 4.76. The van der Waals surface area contributed by atoms with Gasteiger partial charge in [0.05, 0.1) is 6.04 Å². The van der Waals surface area contributed by atoms with Gasteiger partial charge in [-0.15, -0.1) is 0 Å². The van der Waals surface area contributed by atoms with E-state index in [2.05, 4.69) is 10.3 Å². The van der Waals surface area contributed by atoms with Gasteiger partial charge in [0, 0.05) is 11.8 Å². The number of nitrogens with zero attached hydrogens (tertiary/aromatic N) is 1. The Morgan fingerprint density at radius 3 is 2.50 bits per heavy atom. The molecule has 1 saturated carbocycles. The lowest BCUT2D eigenvalue weighted by molar-refractivity contribution is 0.459. The number of rotatable bonds is 1. The molecule has 1 aromatic rings. The first-order valence-electron chi connectivity index (χ1n) is 6.37. The van der Waals surface area contributed by atoms with E-state index >= 15 is 0 Å². The van der Waals surface area contributed by atoms with Crippen molar-refractivity contribution in [2.45, 2.75) is 25.3 Å². The first-order chi connectivity index (χ1) is 9.56. The summed E-state index contributed by atoms with van der Waals surface area (Å²) in [6.45, 7) is 0. The van der Waals surface area contributed by atoms with Crippen molar-refractivity contribution >= 4 is 22.6 Å². The van der Waals surface area contributed by atoms with Crippen molar-refractivity contribution < 1.29 is 17.6 Å². The molecular weight excluding hydrogens is 292 g/mol. The third-order valence-electron chi connectivity index (χ3n) is 3.68. The zero-order chi connectivity index (χ0) is 14.3. The van der Waals surface area contributed by atoms with E-state index in [1.807, 2.05) is 0 Å². The summed E-state index contributed by atoms with van der Waals surface area (Å²) in [6.07, 6.45) is 3.13. The van der Waals surface area contributed by atoms with Gasteiger partial charge in [-0.3, -0.25) is 4.99 Å². The van der Waals surface area contributed by atoms with Crippen LogP contribution in [0.15, 0.2) is 11.1 Å². The molecule has 2 aliphatic rings. The highest BCUT2D eigenvalue weighted by Gasteiger charge is 2.31. The molecular formula is C13H12F4N2S. The van der Waals surface area contributed by atoms with Crippen molar-refractivity contribution in [3.8, 4) is 0 Å². The van der Waals surface area contributed by atoms with Crippen LogP contribution in [0.2, 0.25) is 0 Å². The second kappa shape index (κ2) is 5.27. The molecule has 1 aromatic carbocycles. The molecule has 0 bridgehead atoms. The monoisotopic (exact) mass is 304 g/mol. The standard InChI is InChI=1S/C13H12F4N2S/c14-7-4-8(15)11(17)12(10(7)16)19-13-18-9-3-1-2-6(9)5-20-13/h4,6,9H,1-3,5H2,(H,18,19). The summed E-state index contributed by atoms with van der Waals surface area (Å²) in [5.41, 5.74) is -0.815. The van der Waals surface area contributed by atoms with Gasteiger partial charge in [0.15, 0.2) is 28.4 Å². The summed E-state index contributed by atoms with van der Waals surface area (Å²) in [7, 11) is 0. The third kappa shape index (κ3) is 2.39. The van der Waals surface area contributed by atoms with Crippen molar-refractivity contribution in [2.24, 2.45) is 10.9 Å². The Kier molecular flexibility index (Phi) is 3.62. The SMILES string of the molecule is Fc1cc(F)c(F)c(NC2=NC3CCCC3CS2)c1F. The molecule has 0 spiro atoms. The largest absolute Gasteiger partial charge is 0.330 e. The van der Waals surface area contributed by atoms with E-state index in [1.165, 1.54) is 11.8 Å². The van der Waals surface area contributed by atoms with E-state index in [9.17, 15) is 17.6 Å². The van der Waals surface area contributed by atoms with Crippen LogP contribution in [0.25, 0.3) is 0 Å². The number of anilines is 1. The Labute approximate surface area is 117 Å². The molecule has 3 rings (SSSR count). The van der Waals surface area contributed by atoms with Gasteiger partial charge in [0.2, 0.25) is 0 Å². The molecule has 1 fully saturated rings. The topological polar surface area (TPSA) is 24.4 Å². The fourth-order valence-electron chi connectivity index (χ4n) is 2.61. The number of hydrogen-bond acceptors (Lipinski definition) is 3. The van der Waals surface area contributed by atoms with Gasteiger partial charge < -0.3 is 5.32 Å². The summed E-state index contributed by atoms with van der Waals surface area (Å²) < 4.78 is 53.4. The Bertz CT molecular complexity index is 550. The summed E-state index contributed by atoms with van der Waals surface area (Å²) in [5, 5.41) is 2.71. The van der Waals surface area contributed by atoms with E-state index in [-0.39, 0.29) is 12.1 Å². The van der Waals surface area contributed by atoms with Crippen LogP contribution in [0.4, 0.5) is 23.2 Å². The van der Waals surface area contributed by atoms with Gasteiger partial charge in [0.25, 0.3) is 0 Å². The molecule has 108 valence electrons. The Balaban J connectivity index is 1.88. The normalized spacial score (nSPS) is 25.3. The summed E-state index contributed by atoms with van der Waals surface area (Å²) in [5.74, 6) is -4.42. The van der Waals surface area contributed by atoms with E-state index in [4.69, 9.17) is 0 Å². The first kappa shape index (κ1) is 13.7. The summed E-state index contributed by atoms with van der Waals surface area (Å²) in [4.78, 5) is 4.37. The Hall–Kier alpha value is -1.24. The van der Waals surface area contributed by atoms with Crippen molar-refractivity contribution in [3.05, 3.63) is 29.3 Å². The van der Waals surface area contributed by atoms with Crippen LogP contribution >= 0.6 is 11.8 Å². The van der Waals surface area contributed by atoms with E-state index < -0.39 is 29.0 Å². The maximum atomic E-state index is 13.6. The van der Waals surface area contributed by atoms with Crippen LogP contribution in [0, 0.1) is 29.2 Å². The smallest absolute Gasteiger partial charge is 0.185 e. The lowest BCUT2D eigenvalue weighted by Crippen LogP contribution is -2.26. The lowest BCUT2D eigenvalue weighted by atomic mass is 10.1. The fraction of sp³-hybridized carbons (Fsp3) is 0.462. The van der Waals surface area contributed by atoms with Gasteiger partial charge in [-0.2, -0.15) is 0 Å². The summed E-state index contributed by atoms with van der Waals surface area (Å²) in [6, 6.07) is 0.335. The average Bonchev–Trinajstić information content (AvgIpc) is 2.89. The molecule has 1 N–H and O–H groups in total. The molecule has 7 heteroatoms. The number of halogens is 4. The van der Waals surface area contributed by atoms with Gasteiger partial charge >= 0.3 is 0 Å². The average molecular weight is 304 g/mol. The molecule has 0 aromatic heterocycles. The number of hydrogen-bond donors (Lipinski definition) is 1. The van der Waals surface area contributed by atoms with Crippen LogP contribution in [-0.4, -0.2) is 17.0 Å². The quantitative estimate of drug-likeness (QED) is 0.628. The molecule has 20 heavy (non-hydrogen) atoms. The number of fused-ring (bicyclic) bond motifs is 1. The zero-order valence-electron chi connectivity index (χ0n) is 10.4. The highest BCUT2D eigenvalue weighted by Crippen LogP contribution is 2.36. The van der Waals surface area contributed by atoms with Crippen LogP contribution in [0.3, 0.4) is 0 Å². The molecule has 2 unspecified atom stereocenters. The maximum absolute atomic E-state index is 13.6. The molecule has 0 radical (unpaired) electrons. The molecule has 0 amide bonds. The number of nitrogens with one attached hydrogen (secondary N) is 1. The van der Waals surface area contributed by atoms with Crippen molar-refractivity contribution in [3.63, 3.8) is 0 Å². The molecule has 1 heterocycles. The van der Waals surface area contributed by atoms with Crippen LogP contribution < -0.4 is 5.32 Å². The molecule has 2 atom stereocenters. The van der Waals surface area contributed by atoms with Crippen LogP contribution in [0.5, 0.6) is 0 Å². The molecule has 1 aliphatic carbocycles. The van der Waals surface area contributed by atoms with Crippen molar-refractivity contribution in [1.29, 1.82) is 0 Å². The molecule has 1 aliphatic heterocycles. The van der Waals surface area contributed by atoms with E-state index in [0.717, 1.165) is 25.0 Å². The fourth-order valence-corrected chi connectivity index (χ4v) is 3.76. The summed E-state index contributed by atoms with van der Waals surface area (Å²) >= 11 is 1.32. The minimum Gasteiger partial charge on any atom is -0.330 e. The molecule has 0 saturated heterocycles. The Morgan fingerprint density at radius 2 is 1.80 bits per heavy atom. The number of benzene rings is 1. The highest BCUT2D eigenvalue weighted by atomic mass is 32.2. The number of thioether (sulfide) groups is 1. The van der Waals surface area contributed by atoms with Crippen molar-refractivity contribution in [2.75, 3.05) is 11.1 Å². The van der Waals surface area contributed by atoms with Crippen LogP contribution in [-0.2, 0) is 0 Å². The van der Waals surface area contributed by atoms with Gasteiger partial charge in [-0.1, -0.05) is 18.2 Å². The minimum absolute atomic E-state index is 0.142. The number of amidine groups is 1. The van der Waals surface area contributed by atoms with E-state index in [1.54, 1.807) is 0 Å². The zero-order valence-corrected chi connectivity index (χ0v) is 11.2. The second-order valence-electron chi connectivity index (χ2n) is 4.97. The van der Waals surface area contributed by atoms with Gasteiger partial charge in [-0.05, 0) is 18.8 Å². The predicted molar refractivity (Wildman–Crippen MR) is 70.9 cm³/mol. The van der Waals surface area contributed by atoms with Crippen molar-refractivity contribution in [1.82, 2.24) is 0 Å². The van der Waals surface area contributed by atoms with Crippen LogP contribution in [0.1, 0.15) is 19.3 Å². The maximum Gasteiger partial charge on any atom is 0.185 e. The molecule has 2 nitrogen and oxygen atoms in total. The second-order valence-corrected chi connectivity index (χ2v) is 5.98. The number of aliphatic imine (C=N–C) groups is 1. The predicted octanol–water partition coefficient (Wildman–Crippen LogP) is 3.93. The minimum atomic E-state index is -1.43. The van der Waals surface area contributed by atoms with Gasteiger partial charge in [0.1, 0.15) is 5.69 Å². The highest BCUT2D eigenvalue weighted by molar-refractivity contribution is 8.14. The lowest BCUT2D eigenvalue weighted by Gasteiger charge is -2.23.